The minimum Gasteiger partial charge on any atom is -0.440 e. The topological polar surface area (TPSA) is 56.7 Å². The van der Waals surface area contributed by atoms with Gasteiger partial charge in [-0.2, -0.15) is 0 Å². The van der Waals surface area contributed by atoms with Crippen molar-refractivity contribution in [3.63, 3.8) is 0 Å². The van der Waals surface area contributed by atoms with Crippen molar-refractivity contribution in [2.75, 3.05) is 0 Å². The van der Waals surface area contributed by atoms with Gasteiger partial charge in [-0.3, -0.25) is 4.57 Å². The Bertz CT molecular complexity index is 932. The first-order valence-electron chi connectivity index (χ1n) is 6.93. The van der Waals surface area contributed by atoms with Crippen molar-refractivity contribution in [2.24, 2.45) is 0 Å². The van der Waals surface area contributed by atoms with Gasteiger partial charge in [-0.05, 0) is 30.3 Å². The van der Waals surface area contributed by atoms with E-state index >= 15 is 0 Å². The highest BCUT2D eigenvalue weighted by Crippen LogP contribution is 2.25. The number of aromatic nitrogens is 4. The van der Waals surface area contributed by atoms with E-state index in [1.165, 1.54) is 11.8 Å². The summed E-state index contributed by atoms with van der Waals surface area (Å²) in [5.41, 5.74) is 2.57. The molecule has 0 aliphatic heterocycles. The second-order valence-corrected chi connectivity index (χ2v) is 6.21. The van der Waals surface area contributed by atoms with Crippen LogP contribution in [0.25, 0.3) is 16.8 Å². The van der Waals surface area contributed by atoms with E-state index in [1.54, 1.807) is 6.33 Å². The van der Waals surface area contributed by atoms with E-state index in [0.29, 0.717) is 16.7 Å². The Labute approximate surface area is 141 Å². The SMILES string of the molecule is Clc1cccc(-n2cnnc2SCc2nc3ccccc3o2)c1. The Kier molecular flexibility index (Phi) is 3.77. The number of fused-ring (bicyclic) bond motifs is 1. The molecule has 0 fully saturated rings. The molecule has 0 saturated heterocycles. The van der Waals surface area contributed by atoms with E-state index in [1.807, 2.05) is 53.1 Å². The molecule has 0 amide bonds. The summed E-state index contributed by atoms with van der Waals surface area (Å²) in [4.78, 5) is 4.46. The number of oxazole rings is 1. The Morgan fingerprint density at radius 2 is 2.04 bits per heavy atom. The monoisotopic (exact) mass is 342 g/mol. The summed E-state index contributed by atoms with van der Waals surface area (Å²) in [7, 11) is 0. The molecule has 0 unspecified atom stereocenters. The van der Waals surface area contributed by atoms with Gasteiger partial charge in [0.2, 0.25) is 5.89 Å². The molecule has 0 aliphatic rings. The van der Waals surface area contributed by atoms with E-state index < -0.39 is 0 Å². The van der Waals surface area contributed by atoms with E-state index in [2.05, 4.69) is 15.2 Å². The van der Waals surface area contributed by atoms with Crippen molar-refractivity contribution >= 4 is 34.5 Å². The quantitative estimate of drug-likeness (QED) is 0.516. The van der Waals surface area contributed by atoms with Crippen LogP contribution in [0.2, 0.25) is 5.02 Å². The van der Waals surface area contributed by atoms with Gasteiger partial charge in [0.25, 0.3) is 0 Å². The molecule has 23 heavy (non-hydrogen) atoms. The van der Waals surface area contributed by atoms with Crippen molar-refractivity contribution in [3.05, 3.63) is 65.8 Å². The van der Waals surface area contributed by atoms with Crippen LogP contribution in [-0.4, -0.2) is 19.7 Å². The van der Waals surface area contributed by atoms with Crippen LogP contribution >= 0.6 is 23.4 Å². The number of nitrogens with zero attached hydrogens (tertiary/aromatic N) is 4. The lowest BCUT2D eigenvalue weighted by atomic mass is 10.3. The number of benzene rings is 2. The Hall–Kier alpha value is -2.31. The molecular weight excluding hydrogens is 332 g/mol. The summed E-state index contributed by atoms with van der Waals surface area (Å²) in [6, 6.07) is 15.3. The molecule has 2 aromatic carbocycles. The Morgan fingerprint density at radius 1 is 1.13 bits per heavy atom. The molecule has 0 N–H and O–H groups in total. The molecule has 4 rings (SSSR count). The van der Waals surface area contributed by atoms with E-state index in [0.717, 1.165) is 21.9 Å². The zero-order chi connectivity index (χ0) is 15.6. The molecule has 0 atom stereocenters. The molecular formula is C16H11ClN4OS. The molecule has 7 heteroatoms. The number of halogens is 1. The molecule has 0 aliphatic carbocycles. The van der Waals surface area contributed by atoms with Gasteiger partial charge in [0.05, 0.1) is 11.4 Å². The minimum atomic E-state index is 0.577. The third kappa shape index (κ3) is 2.95. The maximum Gasteiger partial charge on any atom is 0.205 e. The fourth-order valence-corrected chi connectivity index (χ4v) is 3.19. The minimum absolute atomic E-state index is 0.577. The van der Waals surface area contributed by atoms with Crippen LogP contribution in [0, 0.1) is 0 Å². The summed E-state index contributed by atoms with van der Waals surface area (Å²) in [6.07, 6.45) is 1.67. The van der Waals surface area contributed by atoms with Crippen LogP contribution in [0.5, 0.6) is 0 Å². The molecule has 2 aromatic heterocycles. The maximum atomic E-state index is 6.05. The van der Waals surface area contributed by atoms with E-state index in [9.17, 15) is 0 Å². The first kappa shape index (κ1) is 14.3. The second kappa shape index (κ2) is 6.06. The predicted molar refractivity (Wildman–Crippen MR) is 89.9 cm³/mol. The normalized spacial score (nSPS) is 11.2. The predicted octanol–water partition coefficient (Wildman–Crippen LogP) is 4.35. The first-order chi connectivity index (χ1) is 11.3. The highest BCUT2D eigenvalue weighted by Gasteiger charge is 2.11. The van der Waals surface area contributed by atoms with Gasteiger partial charge in [-0.25, -0.2) is 4.98 Å². The van der Waals surface area contributed by atoms with Gasteiger partial charge in [0.15, 0.2) is 10.7 Å². The molecule has 5 nitrogen and oxygen atoms in total. The largest absolute Gasteiger partial charge is 0.440 e. The third-order valence-electron chi connectivity index (χ3n) is 3.27. The van der Waals surface area contributed by atoms with Crippen molar-refractivity contribution in [2.45, 2.75) is 10.9 Å². The zero-order valence-electron chi connectivity index (χ0n) is 11.9. The van der Waals surface area contributed by atoms with Gasteiger partial charge in [-0.1, -0.05) is 41.6 Å². The Balaban J connectivity index is 1.57. The average molecular weight is 343 g/mol. The van der Waals surface area contributed by atoms with Gasteiger partial charge in [0.1, 0.15) is 11.8 Å². The lowest BCUT2D eigenvalue weighted by molar-refractivity contribution is 0.556. The number of rotatable bonds is 4. The number of hydrogen-bond donors (Lipinski definition) is 0. The van der Waals surface area contributed by atoms with Crippen LogP contribution in [0.4, 0.5) is 0 Å². The van der Waals surface area contributed by atoms with E-state index in [-0.39, 0.29) is 0 Å². The van der Waals surface area contributed by atoms with Crippen LogP contribution in [0.1, 0.15) is 5.89 Å². The fourth-order valence-electron chi connectivity index (χ4n) is 2.23. The molecule has 0 spiro atoms. The molecule has 0 saturated carbocycles. The summed E-state index contributed by atoms with van der Waals surface area (Å²) in [5, 5.41) is 9.57. The summed E-state index contributed by atoms with van der Waals surface area (Å²) in [6.45, 7) is 0. The molecule has 114 valence electrons. The first-order valence-corrected chi connectivity index (χ1v) is 8.29. The van der Waals surface area contributed by atoms with Gasteiger partial charge in [0, 0.05) is 5.02 Å². The van der Waals surface area contributed by atoms with E-state index in [4.69, 9.17) is 16.0 Å². The molecule has 0 bridgehead atoms. The zero-order valence-corrected chi connectivity index (χ0v) is 13.5. The van der Waals surface area contributed by atoms with Gasteiger partial charge >= 0.3 is 0 Å². The fraction of sp³-hybridized carbons (Fsp3) is 0.0625. The van der Waals surface area contributed by atoms with Crippen LogP contribution in [0.3, 0.4) is 0 Å². The van der Waals surface area contributed by atoms with Crippen molar-refractivity contribution in [1.82, 2.24) is 19.7 Å². The van der Waals surface area contributed by atoms with Crippen molar-refractivity contribution in [3.8, 4) is 5.69 Å². The van der Waals surface area contributed by atoms with Gasteiger partial charge in [-0.15, -0.1) is 10.2 Å². The summed E-state index contributed by atoms with van der Waals surface area (Å²) in [5.74, 6) is 1.24. The second-order valence-electron chi connectivity index (χ2n) is 4.83. The highest BCUT2D eigenvalue weighted by molar-refractivity contribution is 7.98. The third-order valence-corrected chi connectivity index (χ3v) is 4.43. The summed E-state index contributed by atoms with van der Waals surface area (Å²) < 4.78 is 7.61. The van der Waals surface area contributed by atoms with Crippen LogP contribution < -0.4 is 0 Å². The van der Waals surface area contributed by atoms with Crippen molar-refractivity contribution in [1.29, 1.82) is 0 Å². The highest BCUT2D eigenvalue weighted by atomic mass is 35.5. The molecule has 2 heterocycles. The number of para-hydroxylation sites is 2. The maximum absolute atomic E-state index is 6.05. The summed E-state index contributed by atoms with van der Waals surface area (Å²) >= 11 is 7.56. The standard InChI is InChI=1S/C16H11ClN4OS/c17-11-4-3-5-12(8-11)21-10-18-20-16(21)23-9-15-19-13-6-1-2-7-14(13)22-15/h1-8,10H,9H2. The lowest BCUT2D eigenvalue weighted by Gasteiger charge is -2.05. The number of thioether (sulfide) groups is 1. The average Bonchev–Trinajstić information content (AvgIpc) is 3.19. The number of hydrogen-bond acceptors (Lipinski definition) is 5. The molecule has 0 radical (unpaired) electrons. The Morgan fingerprint density at radius 3 is 2.91 bits per heavy atom. The van der Waals surface area contributed by atoms with Crippen LogP contribution in [0.15, 0.2) is 64.4 Å². The van der Waals surface area contributed by atoms with Crippen molar-refractivity contribution < 1.29 is 4.42 Å². The molecule has 4 aromatic rings. The van der Waals surface area contributed by atoms with Crippen LogP contribution in [-0.2, 0) is 5.75 Å². The lowest BCUT2D eigenvalue weighted by Crippen LogP contribution is -1.95. The smallest absolute Gasteiger partial charge is 0.205 e. The van der Waals surface area contributed by atoms with Gasteiger partial charge < -0.3 is 4.42 Å².